The normalized spacial score (nSPS) is 11.1. The standard InChI is InChI=1S/C27H16Cl2N3O/c28-21-4-2-5-22(29)25(21)18-11-12-19-24(13-18)32(15-17-9-7-16(14-30)8-10-17)23-6-1-3-20(26(19)23)27(31)33/h1-11,13H,15H2,(H2,31,33). The maximum absolute atomic E-state index is 12.2. The topological polar surface area (TPSA) is 71.8 Å². The number of hydrogen-bond donors (Lipinski definition) is 1. The first-order chi connectivity index (χ1) is 16.0. The first-order valence-corrected chi connectivity index (χ1v) is 10.9. The molecule has 0 saturated carbocycles. The highest BCUT2D eigenvalue weighted by Crippen LogP contribution is 2.39. The van der Waals surface area contributed by atoms with Gasteiger partial charge in [-0.25, -0.2) is 0 Å². The SMILES string of the molecule is N#Cc1ccc(Cn2c3cc(-c4c(Cl)cccc4Cl)c[c]c3c3c(C(N)=O)cccc32)cc1. The summed E-state index contributed by atoms with van der Waals surface area (Å²) < 4.78 is 2.11. The van der Waals surface area contributed by atoms with Gasteiger partial charge in [0.25, 0.3) is 0 Å². The Balaban J connectivity index is 1.80. The molecule has 1 aromatic heterocycles. The van der Waals surface area contributed by atoms with Crippen LogP contribution in [-0.4, -0.2) is 10.5 Å². The number of fused-ring (bicyclic) bond motifs is 3. The second-order valence-electron chi connectivity index (χ2n) is 7.70. The van der Waals surface area contributed by atoms with Crippen LogP contribution in [0.2, 0.25) is 10.0 Å². The lowest BCUT2D eigenvalue weighted by Crippen LogP contribution is -2.11. The van der Waals surface area contributed by atoms with E-state index in [1.165, 1.54) is 0 Å². The molecule has 6 heteroatoms. The molecule has 1 radical (unpaired) electrons. The van der Waals surface area contributed by atoms with Crippen LogP contribution in [0.4, 0.5) is 0 Å². The summed E-state index contributed by atoms with van der Waals surface area (Å²) in [5.41, 5.74) is 11.0. The molecule has 1 amide bonds. The van der Waals surface area contributed by atoms with E-state index < -0.39 is 5.91 Å². The summed E-state index contributed by atoms with van der Waals surface area (Å²) in [5.74, 6) is -0.496. The van der Waals surface area contributed by atoms with Crippen molar-refractivity contribution in [2.75, 3.05) is 0 Å². The van der Waals surface area contributed by atoms with Crippen molar-refractivity contribution < 1.29 is 4.79 Å². The van der Waals surface area contributed by atoms with Gasteiger partial charge in [0, 0.05) is 38.5 Å². The molecule has 0 saturated heterocycles. The first kappa shape index (κ1) is 21.1. The number of primary amides is 1. The molecule has 33 heavy (non-hydrogen) atoms. The van der Waals surface area contributed by atoms with Gasteiger partial charge >= 0.3 is 0 Å². The lowest BCUT2D eigenvalue weighted by atomic mass is 10.0. The van der Waals surface area contributed by atoms with Crippen LogP contribution in [0.5, 0.6) is 0 Å². The van der Waals surface area contributed by atoms with Gasteiger partial charge in [0.1, 0.15) is 0 Å². The molecule has 0 atom stereocenters. The van der Waals surface area contributed by atoms with Gasteiger partial charge in [0.2, 0.25) is 5.91 Å². The summed E-state index contributed by atoms with van der Waals surface area (Å²) in [6, 6.07) is 27.7. The molecule has 0 fully saturated rings. The minimum Gasteiger partial charge on any atom is -0.366 e. The van der Waals surface area contributed by atoms with Gasteiger partial charge in [-0.05, 0) is 65.7 Å². The molecule has 5 aromatic rings. The predicted octanol–water partition coefficient (Wildman–Crippen LogP) is 6.59. The summed E-state index contributed by atoms with van der Waals surface area (Å²) in [5, 5.41) is 11.7. The largest absolute Gasteiger partial charge is 0.366 e. The highest BCUT2D eigenvalue weighted by Gasteiger charge is 2.18. The average Bonchev–Trinajstić information content (AvgIpc) is 3.12. The predicted molar refractivity (Wildman–Crippen MR) is 133 cm³/mol. The minimum absolute atomic E-state index is 0.441. The number of carbonyl (C=O) groups excluding carboxylic acids is 1. The molecule has 0 aliphatic rings. The molecule has 0 bridgehead atoms. The van der Waals surface area contributed by atoms with Crippen molar-refractivity contribution in [2.45, 2.75) is 6.54 Å². The lowest BCUT2D eigenvalue weighted by Gasteiger charge is -2.11. The van der Waals surface area contributed by atoms with E-state index in [-0.39, 0.29) is 0 Å². The Labute approximate surface area is 200 Å². The molecule has 4 aromatic carbocycles. The van der Waals surface area contributed by atoms with Gasteiger partial charge in [-0.15, -0.1) is 0 Å². The molecule has 0 aliphatic heterocycles. The molecule has 5 rings (SSSR count). The number of aromatic nitrogens is 1. The summed E-state index contributed by atoms with van der Waals surface area (Å²) in [6.45, 7) is 0.529. The van der Waals surface area contributed by atoms with Crippen LogP contribution in [0.25, 0.3) is 32.9 Å². The Morgan fingerprint density at radius 1 is 1.00 bits per heavy atom. The fraction of sp³-hybridized carbons (Fsp3) is 0.0370. The molecule has 0 spiro atoms. The van der Waals surface area contributed by atoms with Gasteiger partial charge in [0.05, 0.1) is 22.7 Å². The van der Waals surface area contributed by atoms with Crippen LogP contribution in [0, 0.1) is 17.4 Å². The second-order valence-corrected chi connectivity index (χ2v) is 8.52. The maximum atomic E-state index is 12.2. The number of rotatable bonds is 4. The molecular formula is C27H16Cl2N3O. The molecular weight excluding hydrogens is 453 g/mol. The Bertz CT molecular complexity index is 1570. The van der Waals surface area contributed by atoms with Gasteiger partial charge in [-0.3, -0.25) is 4.79 Å². The zero-order chi connectivity index (χ0) is 23.1. The number of nitriles is 1. The van der Waals surface area contributed by atoms with Crippen molar-refractivity contribution in [2.24, 2.45) is 5.73 Å². The fourth-order valence-corrected chi connectivity index (χ4v) is 4.83. The van der Waals surface area contributed by atoms with Crippen molar-refractivity contribution in [1.29, 1.82) is 5.26 Å². The summed E-state index contributed by atoms with van der Waals surface area (Å²) >= 11 is 12.9. The van der Waals surface area contributed by atoms with E-state index in [2.05, 4.69) is 16.7 Å². The Kier molecular flexibility index (Phi) is 5.30. The van der Waals surface area contributed by atoms with E-state index >= 15 is 0 Å². The van der Waals surface area contributed by atoms with E-state index in [0.717, 1.165) is 38.5 Å². The van der Waals surface area contributed by atoms with Gasteiger partial charge in [-0.1, -0.05) is 47.5 Å². The van der Waals surface area contributed by atoms with Gasteiger partial charge in [0.15, 0.2) is 0 Å². The van der Waals surface area contributed by atoms with Crippen LogP contribution >= 0.6 is 23.2 Å². The monoisotopic (exact) mass is 468 g/mol. The van der Waals surface area contributed by atoms with Gasteiger partial charge < -0.3 is 10.3 Å². The molecule has 2 N–H and O–H groups in total. The van der Waals surface area contributed by atoms with E-state index in [1.807, 2.05) is 36.4 Å². The third-order valence-corrected chi connectivity index (χ3v) is 6.36. The van der Waals surface area contributed by atoms with Crippen LogP contribution in [0.1, 0.15) is 21.5 Å². The quantitative estimate of drug-likeness (QED) is 0.323. The van der Waals surface area contributed by atoms with E-state index in [0.29, 0.717) is 27.7 Å². The van der Waals surface area contributed by atoms with Crippen LogP contribution < -0.4 is 5.73 Å². The van der Waals surface area contributed by atoms with Crippen molar-refractivity contribution >= 4 is 50.9 Å². The van der Waals surface area contributed by atoms with E-state index in [9.17, 15) is 4.79 Å². The first-order valence-electron chi connectivity index (χ1n) is 10.2. The zero-order valence-electron chi connectivity index (χ0n) is 17.3. The van der Waals surface area contributed by atoms with Crippen LogP contribution in [0.3, 0.4) is 0 Å². The lowest BCUT2D eigenvalue weighted by molar-refractivity contribution is 0.100. The number of benzene rings is 4. The number of nitrogens with two attached hydrogens (primary N) is 1. The Hall–Kier alpha value is -3.78. The van der Waals surface area contributed by atoms with Crippen LogP contribution in [-0.2, 0) is 6.54 Å². The highest BCUT2D eigenvalue weighted by molar-refractivity contribution is 6.39. The number of halogens is 2. The summed E-state index contributed by atoms with van der Waals surface area (Å²) in [7, 11) is 0. The van der Waals surface area contributed by atoms with Crippen molar-refractivity contribution in [1.82, 2.24) is 4.57 Å². The molecule has 159 valence electrons. The van der Waals surface area contributed by atoms with Crippen molar-refractivity contribution in [3.63, 3.8) is 0 Å². The Morgan fingerprint density at radius 3 is 2.36 bits per heavy atom. The number of carbonyl (C=O) groups is 1. The summed E-state index contributed by atoms with van der Waals surface area (Å²) in [6.07, 6.45) is 0. The molecule has 0 unspecified atom stereocenters. The second kappa shape index (κ2) is 8.29. The highest BCUT2D eigenvalue weighted by atomic mass is 35.5. The van der Waals surface area contributed by atoms with E-state index in [4.69, 9.17) is 34.2 Å². The smallest absolute Gasteiger partial charge is 0.249 e. The zero-order valence-corrected chi connectivity index (χ0v) is 18.8. The Morgan fingerprint density at radius 2 is 1.70 bits per heavy atom. The number of nitrogens with zero attached hydrogens (tertiary/aromatic N) is 2. The molecule has 1 heterocycles. The fourth-order valence-electron chi connectivity index (χ4n) is 4.22. The van der Waals surface area contributed by atoms with E-state index in [1.54, 1.807) is 36.4 Å². The van der Waals surface area contributed by atoms with Crippen molar-refractivity contribution in [3.05, 3.63) is 106 Å². The molecule has 0 aliphatic carbocycles. The molecule has 4 nitrogen and oxygen atoms in total. The third-order valence-electron chi connectivity index (χ3n) is 5.74. The minimum atomic E-state index is -0.496. The summed E-state index contributed by atoms with van der Waals surface area (Å²) in [4.78, 5) is 12.2. The average molecular weight is 469 g/mol. The van der Waals surface area contributed by atoms with Crippen molar-refractivity contribution in [3.8, 4) is 17.2 Å². The maximum Gasteiger partial charge on any atom is 0.249 e. The number of amides is 1. The van der Waals surface area contributed by atoms with Gasteiger partial charge in [-0.2, -0.15) is 5.26 Å². The van der Waals surface area contributed by atoms with Crippen LogP contribution in [0.15, 0.2) is 72.8 Å². The number of hydrogen-bond acceptors (Lipinski definition) is 2. The third kappa shape index (κ3) is 3.62.